The van der Waals surface area contributed by atoms with E-state index in [9.17, 15) is 9.18 Å². The van der Waals surface area contributed by atoms with E-state index in [2.05, 4.69) is 19.2 Å². The summed E-state index contributed by atoms with van der Waals surface area (Å²) in [4.78, 5) is 12.6. The SMILES string of the molecule is CC(C)C1CC(OCc2ccc(-n3ccc(OCc4ccc(F)cc4)cc3=O)cc2)CN1. The van der Waals surface area contributed by atoms with E-state index in [1.807, 2.05) is 24.3 Å². The maximum absolute atomic E-state index is 13.0. The summed E-state index contributed by atoms with van der Waals surface area (Å²) < 4.78 is 26.3. The highest BCUT2D eigenvalue weighted by atomic mass is 19.1. The molecule has 2 unspecified atom stereocenters. The molecule has 3 aromatic rings. The van der Waals surface area contributed by atoms with Gasteiger partial charge in [-0.25, -0.2) is 4.39 Å². The molecule has 2 heterocycles. The number of hydrogen-bond donors (Lipinski definition) is 1. The molecule has 6 heteroatoms. The van der Waals surface area contributed by atoms with Crippen LogP contribution in [0.2, 0.25) is 0 Å². The molecule has 0 saturated carbocycles. The molecule has 0 aliphatic carbocycles. The van der Waals surface area contributed by atoms with E-state index in [0.717, 1.165) is 29.8 Å². The summed E-state index contributed by atoms with van der Waals surface area (Å²) in [5.41, 5.74) is 2.52. The third-order valence-corrected chi connectivity index (χ3v) is 5.84. The zero-order valence-corrected chi connectivity index (χ0v) is 18.5. The molecule has 1 aliphatic heterocycles. The van der Waals surface area contributed by atoms with Crippen LogP contribution in [0.25, 0.3) is 5.69 Å². The van der Waals surface area contributed by atoms with Gasteiger partial charge in [0.1, 0.15) is 18.2 Å². The molecule has 32 heavy (non-hydrogen) atoms. The molecule has 1 fully saturated rings. The third kappa shape index (κ3) is 5.64. The Morgan fingerprint density at radius 1 is 1.03 bits per heavy atom. The standard InChI is InChI=1S/C26H29FN2O3/c1-18(2)25-13-24(15-28-25)32-17-20-5-9-22(10-6-20)29-12-11-23(14-26(29)30)31-16-19-3-7-21(27)8-4-19/h3-12,14,18,24-25,28H,13,15-17H2,1-2H3. The number of halogens is 1. The highest BCUT2D eigenvalue weighted by molar-refractivity contribution is 5.36. The molecule has 2 atom stereocenters. The highest BCUT2D eigenvalue weighted by Crippen LogP contribution is 2.19. The minimum atomic E-state index is -0.288. The second kappa shape index (κ2) is 10.1. The van der Waals surface area contributed by atoms with Crippen LogP contribution in [0.4, 0.5) is 4.39 Å². The fraction of sp³-hybridized carbons (Fsp3) is 0.346. The maximum Gasteiger partial charge on any atom is 0.258 e. The smallest absolute Gasteiger partial charge is 0.258 e. The molecule has 1 aromatic heterocycles. The summed E-state index contributed by atoms with van der Waals surface area (Å²) in [5.74, 6) is 0.801. The molecule has 2 aromatic carbocycles. The lowest BCUT2D eigenvalue weighted by molar-refractivity contribution is 0.0517. The van der Waals surface area contributed by atoms with Crippen molar-refractivity contribution in [3.8, 4) is 11.4 Å². The fourth-order valence-corrected chi connectivity index (χ4v) is 3.85. The van der Waals surface area contributed by atoms with Crippen LogP contribution < -0.4 is 15.6 Å². The van der Waals surface area contributed by atoms with Gasteiger partial charge in [0.2, 0.25) is 0 Å². The lowest BCUT2D eigenvalue weighted by atomic mass is 10.0. The fourth-order valence-electron chi connectivity index (χ4n) is 3.85. The lowest BCUT2D eigenvalue weighted by Gasteiger charge is -2.15. The molecule has 0 amide bonds. The van der Waals surface area contributed by atoms with Crippen molar-refractivity contribution in [1.82, 2.24) is 9.88 Å². The van der Waals surface area contributed by atoms with Crippen LogP contribution in [0, 0.1) is 11.7 Å². The zero-order valence-electron chi connectivity index (χ0n) is 18.5. The Labute approximate surface area is 187 Å². The van der Waals surface area contributed by atoms with Crippen LogP contribution in [0.15, 0.2) is 71.7 Å². The van der Waals surface area contributed by atoms with E-state index in [1.165, 1.54) is 18.2 Å². The second-order valence-corrected chi connectivity index (χ2v) is 8.58. The van der Waals surface area contributed by atoms with Gasteiger partial charge in [-0.05, 0) is 53.8 Å². The number of hydrogen-bond acceptors (Lipinski definition) is 4. The molecule has 1 aliphatic rings. The Hall–Kier alpha value is -2.96. The third-order valence-electron chi connectivity index (χ3n) is 5.84. The van der Waals surface area contributed by atoms with Crippen molar-refractivity contribution in [1.29, 1.82) is 0 Å². The Kier molecular flexibility index (Phi) is 7.02. The molecular formula is C26H29FN2O3. The van der Waals surface area contributed by atoms with Crippen LogP contribution in [-0.4, -0.2) is 23.3 Å². The van der Waals surface area contributed by atoms with Gasteiger partial charge in [0.25, 0.3) is 5.56 Å². The normalized spacial score (nSPS) is 18.2. The molecule has 168 valence electrons. The molecule has 4 rings (SSSR count). The number of rotatable bonds is 8. The van der Waals surface area contributed by atoms with E-state index < -0.39 is 0 Å². The van der Waals surface area contributed by atoms with E-state index in [0.29, 0.717) is 24.3 Å². The Balaban J connectivity index is 1.33. The number of aromatic nitrogens is 1. The van der Waals surface area contributed by atoms with Crippen molar-refractivity contribution < 1.29 is 13.9 Å². The van der Waals surface area contributed by atoms with Gasteiger partial charge in [0.15, 0.2) is 0 Å². The van der Waals surface area contributed by atoms with Gasteiger partial charge >= 0.3 is 0 Å². The molecule has 5 nitrogen and oxygen atoms in total. The van der Waals surface area contributed by atoms with Crippen LogP contribution >= 0.6 is 0 Å². The maximum atomic E-state index is 13.0. The minimum absolute atomic E-state index is 0.178. The number of nitrogens with zero attached hydrogens (tertiary/aromatic N) is 1. The number of pyridine rings is 1. The summed E-state index contributed by atoms with van der Waals surface area (Å²) >= 11 is 0. The van der Waals surface area contributed by atoms with Crippen molar-refractivity contribution in [2.45, 2.75) is 45.6 Å². The van der Waals surface area contributed by atoms with Gasteiger partial charge in [-0.3, -0.25) is 9.36 Å². The monoisotopic (exact) mass is 436 g/mol. The first-order valence-corrected chi connectivity index (χ1v) is 11.0. The predicted molar refractivity (Wildman–Crippen MR) is 123 cm³/mol. The van der Waals surface area contributed by atoms with E-state index >= 15 is 0 Å². The van der Waals surface area contributed by atoms with E-state index in [-0.39, 0.29) is 24.1 Å². The Bertz CT molecular complexity index is 1080. The highest BCUT2D eigenvalue weighted by Gasteiger charge is 2.26. The Morgan fingerprint density at radius 2 is 1.72 bits per heavy atom. The van der Waals surface area contributed by atoms with Gasteiger partial charge in [0.05, 0.1) is 12.7 Å². The zero-order chi connectivity index (χ0) is 22.5. The van der Waals surface area contributed by atoms with Crippen LogP contribution in [0.1, 0.15) is 31.4 Å². The van der Waals surface area contributed by atoms with Crippen LogP contribution in [-0.2, 0) is 18.0 Å². The van der Waals surface area contributed by atoms with Crippen LogP contribution in [0.5, 0.6) is 5.75 Å². The van der Waals surface area contributed by atoms with E-state index in [4.69, 9.17) is 9.47 Å². The van der Waals surface area contributed by atoms with Gasteiger partial charge < -0.3 is 14.8 Å². The summed E-state index contributed by atoms with van der Waals surface area (Å²) in [6.45, 7) is 6.18. The van der Waals surface area contributed by atoms with Crippen molar-refractivity contribution in [3.05, 3.63) is 94.2 Å². The largest absolute Gasteiger partial charge is 0.489 e. The summed E-state index contributed by atoms with van der Waals surface area (Å²) in [7, 11) is 0. The summed E-state index contributed by atoms with van der Waals surface area (Å²) in [6, 6.07) is 17.6. The number of benzene rings is 2. The average molecular weight is 437 g/mol. The van der Waals surface area contributed by atoms with Crippen molar-refractivity contribution in [2.24, 2.45) is 5.92 Å². The van der Waals surface area contributed by atoms with Gasteiger partial charge in [-0.15, -0.1) is 0 Å². The molecule has 1 N–H and O–H groups in total. The van der Waals surface area contributed by atoms with Crippen LogP contribution in [0.3, 0.4) is 0 Å². The lowest BCUT2D eigenvalue weighted by Crippen LogP contribution is -2.26. The number of nitrogens with one attached hydrogen (secondary N) is 1. The molecule has 0 radical (unpaired) electrons. The van der Waals surface area contributed by atoms with E-state index in [1.54, 1.807) is 29.0 Å². The quantitative estimate of drug-likeness (QED) is 0.567. The first-order valence-electron chi connectivity index (χ1n) is 11.0. The van der Waals surface area contributed by atoms with Gasteiger partial charge in [-0.1, -0.05) is 38.1 Å². The molecule has 0 spiro atoms. The topological polar surface area (TPSA) is 52.5 Å². The molecule has 1 saturated heterocycles. The average Bonchev–Trinajstić information content (AvgIpc) is 3.27. The second-order valence-electron chi connectivity index (χ2n) is 8.58. The van der Waals surface area contributed by atoms with Crippen molar-refractivity contribution >= 4 is 0 Å². The first kappa shape index (κ1) is 22.2. The minimum Gasteiger partial charge on any atom is -0.489 e. The summed E-state index contributed by atoms with van der Waals surface area (Å²) in [6.07, 6.45) is 2.98. The first-order chi connectivity index (χ1) is 15.5. The van der Waals surface area contributed by atoms with Gasteiger partial charge in [0, 0.05) is 30.5 Å². The molecular weight excluding hydrogens is 407 g/mol. The predicted octanol–water partition coefficient (Wildman–Crippen LogP) is 4.46. The van der Waals surface area contributed by atoms with Gasteiger partial charge in [-0.2, -0.15) is 0 Å². The Morgan fingerprint density at radius 3 is 2.38 bits per heavy atom. The van der Waals surface area contributed by atoms with Crippen molar-refractivity contribution in [3.63, 3.8) is 0 Å². The number of ether oxygens (including phenoxy) is 2. The van der Waals surface area contributed by atoms with Crippen molar-refractivity contribution in [2.75, 3.05) is 6.54 Å². The summed E-state index contributed by atoms with van der Waals surface area (Å²) in [5, 5.41) is 3.52. The molecule has 0 bridgehead atoms.